The third-order valence-corrected chi connectivity index (χ3v) is 3.15. The first-order valence-corrected chi connectivity index (χ1v) is 5.93. The summed E-state index contributed by atoms with van der Waals surface area (Å²) in [5, 5.41) is 0. The number of carbonyl (C=O) groups excluding carboxylic acids is 1. The average molecular weight is 291 g/mol. The molecule has 17 heavy (non-hydrogen) atoms. The molecule has 0 aliphatic carbocycles. The zero-order chi connectivity index (χ0) is 12.3. The molecule has 2 rings (SSSR count). The molecule has 0 heterocycles. The van der Waals surface area contributed by atoms with Crippen molar-refractivity contribution in [2.75, 3.05) is 7.11 Å². The molecule has 0 aromatic heterocycles. The third-order valence-electron chi connectivity index (χ3n) is 2.53. The van der Waals surface area contributed by atoms with E-state index in [1.807, 2.05) is 30.3 Å². The van der Waals surface area contributed by atoms with E-state index < -0.39 is 0 Å². The maximum Gasteiger partial charge on any atom is 0.150 e. The fourth-order valence-corrected chi connectivity index (χ4v) is 2.21. The molecule has 0 saturated carbocycles. The van der Waals surface area contributed by atoms with Crippen molar-refractivity contribution in [1.82, 2.24) is 0 Å². The molecule has 3 heteroatoms. The lowest BCUT2D eigenvalue weighted by atomic mass is 10.0. The van der Waals surface area contributed by atoms with Crippen LogP contribution in [0.1, 0.15) is 10.4 Å². The molecule has 86 valence electrons. The molecular weight excluding hydrogens is 280 g/mol. The highest BCUT2D eigenvalue weighted by atomic mass is 79.9. The lowest BCUT2D eigenvalue weighted by molar-refractivity contribution is 0.112. The van der Waals surface area contributed by atoms with Gasteiger partial charge in [-0.2, -0.15) is 0 Å². The maximum atomic E-state index is 10.6. The van der Waals surface area contributed by atoms with Crippen molar-refractivity contribution in [2.45, 2.75) is 0 Å². The summed E-state index contributed by atoms with van der Waals surface area (Å²) >= 11 is 3.45. The average Bonchev–Trinajstić information content (AvgIpc) is 2.38. The Kier molecular flexibility index (Phi) is 3.59. The van der Waals surface area contributed by atoms with Crippen molar-refractivity contribution in [2.24, 2.45) is 0 Å². The fraction of sp³-hybridized carbons (Fsp3) is 0.0714. The second-order valence-electron chi connectivity index (χ2n) is 3.56. The molecule has 2 aromatic carbocycles. The minimum absolute atomic E-state index is 0.669. The van der Waals surface area contributed by atoms with Crippen LogP contribution in [-0.2, 0) is 0 Å². The molecule has 0 unspecified atom stereocenters. The standard InChI is InChI=1S/C14H11BrO2/c1-17-14-12(3-2-4-13(14)15)11-7-5-10(9-16)6-8-11/h2-9H,1H3. The van der Waals surface area contributed by atoms with Crippen LogP contribution in [0.15, 0.2) is 46.9 Å². The Labute approximate surface area is 108 Å². The summed E-state index contributed by atoms with van der Waals surface area (Å²) in [4.78, 5) is 10.6. The Morgan fingerprint density at radius 1 is 1.12 bits per heavy atom. The number of benzene rings is 2. The van der Waals surface area contributed by atoms with Gasteiger partial charge < -0.3 is 4.74 Å². The molecule has 0 atom stereocenters. The van der Waals surface area contributed by atoms with Crippen molar-refractivity contribution in [3.05, 3.63) is 52.5 Å². The van der Waals surface area contributed by atoms with E-state index in [4.69, 9.17) is 4.74 Å². The number of halogens is 1. The molecule has 0 bridgehead atoms. The highest BCUT2D eigenvalue weighted by molar-refractivity contribution is 9.10. The molecule has 0 N–H and O–H groups in total. The number of methoxy groups -OCH3 is 1. The predicted octanol–water partition coefficient (Wildman–Crippen LogP) is 3.94. The van der Waals surface area contributed by atoms with Crippen LogP contribution < -0.4 is 4.74 Å². The Morgan fingerprint density at radius 3 is 2.41 bits per heavy atom. The van der Waals surface area contributed by atoms with Crippen molar-refractivity contribution in [3.8, 4) is 16.9 Å². The van der Waals surface area contributed by atoms with Gasteiger partial charge in [0.25, 0.3) is 0 Å². The van der Waals surface area contributed by atoms with Gasteiger partial charge in [0.15, 0.2) is 0 Å². The lowest BCUT2D eigenvalue weighted by Crippen LogP contribution is -1.89. The number of para-hydroxylation sites is 1. The van der Waals surface area contributed by atoms with Crippen LogP contribution in [0, 0.1) is 0 Å². The summed E-state index contributed by atoms with van der Waals surface area (Å²) in [6.07, 6.45) is 0.835. The van der Waals surface area contributed by atoms with Crippen LogP contribution in [0.4, 0.5) is 0 Å². The van der Waals surface area contributed by atoms with Crippen molar-refractivity contribution >= 4 is 22.2 Å². The monoisotopic (exact) mass is 290 g/mol. The van der Waals surface area contributed by atoms with E-state index in [1.54, 1.807) is 19.2 Å². The summed E-state index contributed by atoms with van der Waals surface area (Å²) in [5.74, 6) is 0.798. The van der Waals surface area contributed by atoms with Crippen molar-refractivity contribution in [1.29, 1.82) is 0 Å². The third kappa shape index (κ3) is 2.39. The van der Waals surface area contributed by atoms with Crippen LogP contribution in [0.5, 0.6) is 5.75 Å². The SMILES string of the molecule is COc1c(Br)cccc1-c1ccc(C=O)cc1. The van der Waals surface area contributed by atoms with Gasteiger partial charge in [-0.3, -0.25) is 4.79 Å². The summed E-state index contributed by atoms with van der Waals surface area (Å²) in [6.45, 7) is 0. The van der Waals surface area contributed by atoms with Crippen LogP contribution in [0.3, 0.4) is 0 Å². The molecule has 0 radical (unpaired) electrons. The van der Waals surface area contributed by atoms with Gasteiger partial charge in [-0.15, -0.1) is 0 Å². The highest BCUT2D eigenvalue weighted by Crippen LogP contribution is 2.35. The van der Waals surface area contributed by atoms with Gasteiger partial charge in [0.1, 0.15) is 12.0 Å². The number of hydrogen-bond acceptors (Lipinski definition) is 2. The molecule has 0 spiro atoms. The van der Waals surface area contributed by atoms with Gasteiger partial charge in [0.05, 0.1) is 11.6 Å². The summed E-state index contributed by atoms with van der Waals surface area (Å²) < 4.78 is 6.28. The number of ether oxygens (including phenoxy) is 1. The topological polar surface area (TPSA) is 26.3 Å². The molecule has 0 fully saturated rings. The zero-order valence-corrected chi connectivity index (χ0v) is 10.9. The van der Waals surface area contributed by atoms with Gasteiger partial charge in [-0.1, -0.05) is 36.4 Å². The van der Waals surface area contributed by atoms with Gasteiger partial charge in [-0.25, -0.2) is 0 Å². The molecule has 0 saturated heterocycles. The smallest absolute Gasteiger partial charge is 0.150 e. The van der Waals surface area contributed by atoms with Gasteiger partial charge >= 0.3 is 0 Å². The quantitative estimate of drug-likeness (QED) is 0.801. The molecule has 0 aliphatic rings. The van der Waals surface area contributed by atoms with Crippen molar-refractivity contribution < 1.29 is 9.53 Å². The summed E-state index contributed by atoms with van der Waals surface area (Å²) in [5.41, 5.74) is 2.69. The van der Waals surface area contributed by atoms with E-state index in [0.29, 0.717) is 5.56 Å². The maximum absolute atomic E-state index is 10.6. The van der Waals surface area contributed by atoms with E-state index in [2.05, 4.69) is 15.9 Å². The summed E-state index contributed by atoms with van der Waals surface area (Å²) in [7, 11) is 1.64. The second-order valence-corrected chi connectivity index (χ2v) is 4.41. The minimum Gasteiger partial charge on any atom is -0.495 e. The first-order chi connectivity index (χ1) is 8.26. The van der Waals surface area contributed by atoms with Crippen molar-refractivity contribution in [3.63, 3.8) is 0 Å². The van der Waals surface area contributed by atoms with E-state index in [1.165, 1.54) is 0 Å². The van der Waals surface area contributed by atoms with Gasteiger partial charge in [0.2, 0.25) is 0 Å². The number of hydrogen-bond donors (Lipinski definition) is 0. The van der Waals surface area contributed by atoms with Crippen LogP contribution in [-0.4, -0.2) is 13.4 Å². The Morgan fingerprint density at radius 2 is 1.82 bits per heavy atom. The zero-order valence-electron chi connectivity index (χ0n) is 9.31. The van der Waals surface area contributed by atoms with Gasteiger partial charge in [0, 0.05) is 11.1 Å². The molecule has 2 aromatic rings. The van der Waals surface area contributed by atoms with Crippen LogP contribution in [0.2, 0.25) is 0 Å². The first kappa shape index (κ1) is 11.9. The molecular formula is C14H11BrO2. The lowest BCUT2D eigenvalue weighted by Gasteiger charge is -2.10. The Balaban J connectivity index is 2.52. The predicted molar refractivity (Wildman–Crippen MR) is 71.5 cm³/mol. The van der Waals surface area contributed by atoms with E-state index in [-0.39, 0.29) is 0 Å². The van der Waals surface area contributed by atoms with E-state index in [0.717, 1.165) is 27.6 Å². The number of rotatable bonds is 3. The van der Waals surface area contributed by atoms with Crippen LogP contribution >= 0.6 is 15.9 Å². The fourth-order valence-electron chi connectivity index (χ4n) is 1.68. The molecule has 2 nitrogen and oxygen atoms in total. The molecule has 0 amide bonds. The number of aldehydes is 1. The van der Waals surface area contributed by atoms with Gasteiger partial charge in [-0.05, 0) is 27.6 Å². The second kappa shape index (κ2) is 5.15. The number of carbonyl (C=O) groups is 1. The van der Waals surface area contributed by atoms with E-state index in [9.17, 15) is 4.79 Å². The Hall–Kier alpha value is -1.61. The largest absolute Gasteiger partial charge is 0.495 e. The summed E-state index contributed by atoms with van der Waals surface area (Å²) in [6, 6.07) is 13.3. The molecule has 0 aliphatic heterocycles. The first-order valence-electron chi connectivity index (χ1n) is 5.14. The normalized spacial score (nSPS) is 10.0. The minimum atomic E-state index is 0.669. The van der Waals surface area contributed by atoms with E-state index >= 15 is 0 Å². The van der Waals surface area contributed by atoms with Crippen LogP contribution in [0.25, 0.3) is 11.1 Å². The Bertz CT molecular complexity index is 532. The highest BCUT2D eigenvalue weighted by Gasteiger charge is 2.08.